The van der Waals surface area contributed by atoms with E-state index >= 15 is 0 Å². The zero-order chi connectivity index (χ0) is 20.6. The van der Waals surface area contributed by atoms with E-state index in [1.165, 1.54) is 48.8 Å². The van der Waals surface area contributed by atoms with Gasteiger partial charge in [0.25, 0.3) is 0 Å². The molecule has 1 aliphatic rings. The molecule has 1 N–H and O–H groups in total. The number of hydrogen-bond acceptors (Lipinski definition) is 3. The number of aliphatic hydroxyl groups is 1. The lowest BCUT2D eigenvalue weighted by Crippen LogP contribution is -2.10. The topological polar surface area (TPSA) is 46.5 Å². The molecule has 3 rings (SSSR count). The van der Waals surface area contributed by atoms with Crippen molar-refractivity contribution in [2.24, 2.45) is 0 Å². The summed E-state index contributed by atoms with van der Waals surface area (Å²) in [6.45, 7) is 5.84. The van der Waals surface area contributed by atoms with Crippen LogP contribution < -0.4 is 0 Å². The number of esters is 1. The smallest absolute Gasteiger partial charge is 0.333 e. The van der Waals surface area contributed by atoms with Gasteiger partial charge in [0.05, 0.1) is 6.61 Å². The fourth-order valence-corrected chi connectivity index (χ4v) is 4.15. The van der Waals surface area contributed by atoms with Crippen LogP contribution in [-0.4, -0.2) is 24.3 Å². The Morgan fingerprint density at radius 3 is 2.45 bits per heavy atom. The Morgan fingerprint density at radius 2 is 1.79 bits per heavy atom. The van der Waals surface area contributed by atoms with Crippen LogP contribution in [0.1, 0.15) is 61.6 Å². The number of aliphatic hydroxyl groups excluding tert-OH is 1. The van der Waals surface area contributed by atoms with Crippen LogP contribution in [0.15, 0.2) is 54.6 Å². The van der Waals surface area contributed by atoms with Gasteiger partial charge in [0, 0.05) is 18.6 Å². The van der Waals surface area contributed by atoms with Gasteiger partial charge in [-0.3, -0.25) is 0 Å². The normalized spacial score (nSPS) is 14.6. The molecule has 29 heavy (non-hydrogen) atoms. The quantitative estimate of drug-likeness (QED) is 0.470. The van der Waals surface area contributed by atoms with Crippen LogP contribution >= 0.6 is 0 Å². The average molecular weight is 393 g/mol. The third-order valence-corrected chi connectivity index (χ3v) is 5.82. The molecule has 0 spiro atoms. The summed E-state index contributed by atoms with van der Waals surface area (Å²) in [5.74, 6) is 0.310. The van der Waals surface area contributed by atoms with E-state index in [1.807, 2.05) is 0 Å². The first-order valence-electron chi connectivity index (χ1n) is 10.7. The van der Waals surface area contributed by atoms with Gasteiger partial charge >= 0.3 is 5.97 Å². The summed E-state index contributed by atoms with van der Waals surface area (Å²) in [5.41, 5.74) is 6.53. The summed E-state index contributed by atoms with van der Waals surface area (Å²) < 4.78 is 5.37. The molecule has 2 aromatic carbocycles. The first kappa shape index (κ1) is 21.3. The van der Waals surface area contributed by atoms with Crippen molar-refractivity contribution in [3.63, 3.8) is 0 Å². The Labute approximate surface area is 174 Å². The molecule has 154 valence electrons. The lowest BCUT2D eigenvalue weighted by molar-refractivity contribution is -0.138. The summed E-state index contributed by atoms with van der Waals surface area (Å²) >= 11 is 0. The maximum Gasteiger partial charge on any atom is 0.333 e. The molecular formula is C26H32O3. The van der Waals surface area contributed by atoms with Crippen molar-refractivity contribution in [1.29, 1.82) is 0 Å². The maximum absolute atomic E-state index is 11.8. The molecule has 0 heterocycles. The predicted molar refractivity (Wildman–Crippen MR) is 118 cm³/mol. The zero-order valence-electron chi connectivity index (χ0n) is 17.5. The van der Waals surface area contributed by atoms with Crippen molar-refractivity contribution < 1.29 is 14.6 Å². The lowest BCUT2D eigenvalue weighted by Gasteiger charge is -2.23. The van der Waals surface area contributed by atoms with Crippen LogP contribution in [0, 0.1) is 0 Å². The molecular weight excluding hydrogens is 360 g/mol. The van der Waals surface area contributed by atoms with Gasteiger partial charge in [-0.15, -0.1) is 0 Å². The first-order valence-corrected chi connectivity index (χ1v) is 10.7. The van der Waals surface area contributed by atoms with Gasteiger partial charge < -0.3 is 9.84 Å². The number of benzene rings is 2. The number of carbonyl (C=O) groups excluding carboxylic acids is 1. The molecule has 0 aliphatic heterocycles. The van der Waals surface area contributed by atoms with Crippen LogP contribution in [-0.2, 0) is 22.4 Å². The summed E-state index contributed by atoms with van der Waals surface area (Å²) in [5, 5.41) is 9.14. The van der Waals surface area contributed by atoms with Gasteiger partial charge in [0.2, 0.25) is 0 Å². The summed E-state index contributed by atoms with van der Waals surface area (Å²) in [6, 6.07) is 15.2. The van der Waals surface area contributed by atoms with Crippen molar-refractivity contribution in [3.05, 3.63) is 71.3 Å². The third kappa shape index (κ3) is 5.80. The van der Waals surface area contributed by atoms with Crippen LogP contribution in [0.25, 0.3) is 11.1 Å². The van der Waals surface area contributed by atoms with E-state index < -0.39 is 0 Å². The second-order valence-corrected chi connectivity index (χ2v) is 8.09. The fraction of sp³-hybridized carbons (Fsp3) is 0.423. The third-order valence-electron chi connectivity index (χ3n) is 5.82. The Kier molecular flexibility index (Phi) is 7.65. The summed E-state index contributed by atoms with van der Waals surface area (Å²) in [6.07, 6.45) is 7.85. The average Bonchev–Trinajstić information content (AvgIpc) is 2.75. The largest absolute Gasteiger partial charge is 0.462 e. The van der Waals surface area contributed by atoms with Gasteiger partial charge in [-0.25, -0.2) is 4.79 Å². The van der Waals surface area contributed by atoms with E-state index in [9.17, 15) is 4.79 Å². The monoisotopic (exact) mass is 392 g/mol. The molecule has 0 saturated heterocycles. The number of hydrogen-bond donors (Lipinski definition) is 1. The van der Waals surface area contributed by atoms with E-state index in [2.05, 4.69) is 49.0 Å². The molecule has 2 aromatic rings. The highest BCUT2D eigenvalue weighted by Gasteiger charge is 2.17. The summed E-state index contributed by atoms with van der Waals surface area (Å²) in [7, 11) is 0. The number of carbonyl (C=O) groups is 1. The standard InChI is InChI=1S/C26H32O3/c1-19(2)26(28)29-17-15-24-18-23(21-6-4-3-5-7-21)12-13-25(24)22-10-8-20(9-11-22)14-16-27/h8-13,18,21,27H,1,3-7,14-17H2,2H3. The second kappa shape index (κ2) is 10.4. The SMILES string of the molecule is C=C(C)C(=O)OCCc1cc(C2CCCCC2)ccc1-c1ccc(CCO)cc1. The van der Waals surface area contributed by atoms with Gasteiger partial charge in [0.1, 0.15) is 0 Å². The molecule has 3 heteroatoms. The minimum atomic E-state index is -0.330. The summed E-state index contributed by atoms with van der Waals surface area (Å²) in [4.78, 5) is 11.8. The van der Waals surface area contributed by atoms with Crippen molar-refractivity contribution in [2.45, 2.75) is 57.8 Å². The minimum absolute atomic E-state index is 0.161. The van der Waals surface area contributed by atoms with Crippen molar-refractivity contribution in [2.75, 3.05) is 13.2 Å². The van der Waals surface area contributed by atoms with E-state index in [-0.39, 0.29) is 12.6 Å². The highest BCUT2D eigenvalue weighted by molar-refractivity contribution is 5.86. The maximum atomic E-state index is 11.8. The van der Waals surface area contributed by atoms with Crippen LogP contribution in [0.2, 0.25) is 0 Å². The van der Waals surface area contributed by atoms with Gasteiger partial charge in [0.15, 0.2) is 0 Å². The number of rotatable bonds is 8. The molecule has 1 aliphatic carbocycles. The fourth-order valence-electron chi connectivity index (χ4n) is 4.15. The Morgan fingerprint density at radius 1 is 1.07 bits per heavy atom. The molecule has 0 aromatic heterocycles. The highest BCUT2D eigenvalue weighted by atomic mass is 16.5. The minimum Gasteiger partial charge on any atom is -0.462 e. The molecule has 3 nitrogen and oxygen atoms in total. The second-order valence-electron chi connectivity index (χ2n) is 8.09. The van der Waals surface area contributed by atoms with E-state index in [1.54, 1.807) is 6.92 Å². The van der Waals surface area contributed by atoms with Crippen LogP contribution in [0.4, 0.5) is 0 Å². The molecule has 0 unspecified atom stereocenters. The van der Waals surface area contributed by atoms with Crippen LogP contribution in [0.5, 0.6) is 0 Å². The zero-order valence-corrected chi connectivity index (χ0v) is 17.5. The lowest BCUT2D eigenvalue weighted by atomic mass is 9.82. The molecule has 0 radical (unpaired) electrons. The highest BCUT2D eigenvalue weighted by Crippen LogP contribution is 2.35. The van der Waals surface area contributed by atoms with Gasteiger partial charge in [-0.1, -0.05) is 68.3 Å². The van der Waals surface area contributed by atoms with E-state index in [4.69, 9.17) is 9.84 Å². The predicted octanol–water partition coefficient (Wildman–Crippen LogP) is 5.60. The molecule has 0 amide bonds. The van der Waals surface area contributed by atoms with Crippen LogP contribution in [0.3, 0.4) is 0 Å². The molecule has 1 fully saturated rings. The van der Waals surface area contributed by atoms with E-state index in [0.717, 1.165) is 11.1 Å². The Balaban J connectivity index is 1.84. The van der Waals surface area contributed by atoms with Gasteiger partial charge in [-0.05, 0) is 59.9 Å². The van der Waals surface area contributed by atoms with Gasteiger partial charge in [-0.2, -0.15) is 0 Å². The Hall–Kier alpha value is -2.39. The first-order chi connectivity index (χ1) is 14.1. The Bertz CT molecular complexity index is 830. The molecule has 0 atom stereocenters. The van der Waals surface area contributed by atoms with Crippen molar-refractivity contribution in [1.82, 2.24) is 0 Å². The van der Waals surface area contributed by atoms with Crippen molar-refractivity contribution >= 4 is 5.97 Å². The molecule has 1 saturated carbocycles. The van der Waals surface area contributed by atoms with Crippen molar-refractivity contribution in [3.8, 4) is 11.1 Å². The molecule has 0 bridgehead atoms. The number of ether oxygens (including phenoxy) is 1. The van der Waals surface area contributed by atoms with E-state index in [0.29, 0.717) is 30.9 Å².